The lowest BCUT2D eigenvalue weighted by Gasteiger charge is -1.84. The molecule has 0 saturated heterocycles. The molecule has 20 valence electrons. The SMILES string of the molecule is C1#CCC1. The number of hydrogen-bond donors (Lipinski definition) is 0. The van der Waals surface area contributed by atoms with Crippen LogP contribution in [0.1, 0.15) is 12.8 Å². The second kappa shape index (κ2) is 0.492. The first-order chi connectivity index (χ1) is 2.00. The molecule has 0 bridgehead atoms. The minimum Gasteiger partial charge on any atom is -0.102 e. The van der Waals surface area contributed by atoms with E-state index in [4.69, 9.17) is 0 Å². The van der Waals surface area contributed by atoms with Crippen molar-refractivity contribution in [3.05, 3.63) is 0 Å². The highest BCUT2D eigenvalue weighted by atomic mass is 13.8. The normalized spacial score (nSPS) is 16.0. The molecule has 1 aliphatic carbocycles. The molecule has 0 aromatic carbocycles. The summed E-state index contributed by atoms with van der Waals surface area (Å²) in [5, 5.41) is 0. The van der Waals surface area contributed by atoms with E-state index in [0.29, 0.717) is 0 Å². The zero-order chi connectivity index (χ0) is 2.83. The van der Waals surface area contributed by atoms with E-state index in [1.54, 1.807) is 0 Å². The van der Waals surface area contributed by atoms with Crippen molar-refractivity contribution in [2.24, 2.45) is 0 Å². The minimum atomic E-state index is 1.14. The molecule has 4 heavy (non-hydrogen) atoms. The van der Waals surface area contributed by atoms with Gasteiger partial charge >= 0.3 is 0 Å². The first kappa shape index (κ1) is 1.84. The fraction of sp³-hybridized carbons (Fsp3) is 0.500. The van der Waals surface area contributed by atoms with E-state index >= 15 is 0 Å². The van der Waals surface area contributed by atoms with Gasteiger partial charge in [0.2, 0.25) is 0 Å². The van der Waals surface area contributed by atoms with Crippen LogP contribution in [0.3, 0.4) is 0 Å². The van der Waals surface area contributed by atoms with Gasteiger partial charge in [-0.15, -0.1) is 11.8 Å². The van der Waals surface area contributed by atoms with Crippen LogP contribution < -0.4 is 0 Å². The van der Waals surface area contributed by atoms with Crippen LogP contribution in [0.25, 0.3) is 0 Å². The molecule has 0 spiro atoms. The van der Waals surface area contributed by atoms with Gasteiger partial charge in [0.15, 0.2) is 0 Å². The van der Waals surface area contributed by atoms with Crippen molar-refractivity contribution < 1.29 is 0 Å². The summed E-state index contributed by atoms with van der Waals surface area (Å²) < 4.78 is 0. The van der Waals surface area contributed by atoms with Crippen molar-refractivity contribution >= 4 is 0 Å². The van der Waals surface area contributed by atoms with Crippen molar-refractivity contribution in [3.8, 4) is 11.8 Å². The molecule has 0 aliphatic heterocycles. The van der Waals surface area contributed by atoms with Crippen LogP contribution in [0.4, 0.5) is 0 Å². The van der Waals surface area contributed by atoms with Crippen LogP contribution >= 0.6 is 0 Å². The lowest BCUT2D eigenvalue weighted by molar-refractivity contribution is 1.06. The summed E-state index contributed by atoms with van der Waals surface area (Å²) >= 11 is 0. The molecular formula is C4H4. The Kier molecular flexibility index (Phi) is 0.226. The second-order valence-corrected chi connectivity index (χ2v) is 0.854. The molecule has 0 saturated carbocycles. The van der Waals surface area contributed by atoms with Gasteiger partial charge in [-0.25, -0.2) is 0 Å². The Balaban J connectivity index is 2.69. The van der Waals surface area contributed by atoms with Gasteiger partial charge in [-0.2, -0.15) is 0 Å². The van der Waals surface area contributed by atoms with E-state index in [9.17, 15) is 0 Å². The molecule has 1 rings (SSSR count). The topological polar surface area (TPSA) is 0 Å². The number of hydrogen-bond acceptors (Lipinski definition) is 0. The Labute approximate surface area is 25.8 Å². The monoisotopic (exact) mass is 52.0 g/mol. The third-order valence-electron chi connectivity index (χ3n) is 0.500. The molecule has 0 unspecified atom stereocenters. The van der Waals surface area contributed by atoms with Gasteiger partial charge in [0.25, 0.3) is 0 Å². The maximum Gasteiger partial charge on any atom is 0.0198 e. The van der Waals surface area contributed by atoms with Gasteiger partial charge in [0.1, 0.15) is 0 Å². The quantitative estimate of drug-likeness (QED) is 0.357. The predicted molar refractivity (Wildman–Crippen MR) is 17.0 cm³/mol. The highest BCUT2D eigenvalue weighted by Crippen LogP contribution is 1.90. The zero-order valence-corrected chi connectivity index (χ0v) is 2.41. The van der Waals surface area contributed by atoms with E-state index in [2.05, 4.69) is 11.8 Å². The first-order valence-corrected chi connectivity index (χ1v) is 1.46. The molecule has 0 aromatic heterocycles. The molecule has 0 aromatic rings. The third kappa shape index (κ3) is 0.0386. The van der Waals surface area contributed by atoms with Crippen molar-refractivity contribution in [1.82, 2.24) is 0 Å². The number of rotatable bonds is 0. The molecule has 0 nitrogen and oxygen atoms in total. The summed E-state index contributed by atoms with van der Waals surface area (Å²) in [6.45, 7) is 0. The van der Waals surface area contributed by atoms with Crippen LogP contribution in [0.15, 0.2) is 0 Å². The Bertz CT molecular complexity index is 53.8. The van der Waals surface area contributed by atoms with Gasteiger partial charge in [0.05, 0.1) is 0 Å². The minimum absolute atomic E-state index is 1.14. The predicted octanol–water partition coefficient (Wildman–Crippen LogP) is 0.784. The molecule has 0 atom stereocenters. The van der Waals surface area contributed by atoms with E-state index in [1.165, 1.54) is 0 Å². The van der Waals surface area contributed by atoms with Gasteiger partial charge in [-0.3, -0.25) is 0 Å². The third-order valence-corrected chi connectivity index (χ3v) is 0.500. The summed E-state index contributed by atoms with van der Waals surface area (Å²) in [5.74, 6) is 5.72. The maximum absolute atomic E-state index is 2.86. The van der Waals surface area contributed by atoms with E-state index in [-0.39, 0.29) is 0 Å². The molecule has 0 N–H and O–H groups in total. The smallest absolute Gasteiger partial charge is 0.0198 e. The van der Waals surface area contributed by atoms with Crippen molar-refractivity contribution in [2.45, 2.75) is 12.8 Å². The molecular weight excluding hydrogens is 48.0 g/mol. The van der Waals surface area contributed by atoms with Gasteiger partial charge in [-0.1, -0.05) is 0 Å². The van der Waals surface area contributed by atoms with Crippen molar-refractivity contribution in [2.75, 3.05) is 0 Å². The van der Waals surface area contributed by atoms with Crippen LogP contribution in [0.2, 0.25) is 0 Å². The zero-order valence-electron chi connectivity index (χ0n) is 2.41. The molecule has 0 amide bonds. The lowest BCUT2D eigenvalue weighted by atomic mass is 10.2. The highest BCUT2D eigenvalue weighted by Gasteiger charge is 1.78. The maximum atomic E-state index is 2.86. The molecule has 0 heterocycles. The summed E-state index contributed by atoms with van der Waals surface area (Å²) in [6, 6.07) is 0. The fourth-order valence-corrected chi connectivity index (χ4v) is 0.125. The van der Waals surface area contributed by atoms with Crippen molar-refractivity contribution in [1.29, 1.82) is 0 Å². The first-order valence-electron chi connectivity index (χ1n) is 1.46. The Hall–Kier alpha value is -0.440. The van der Waals surface area contributed by atoms with Gasteiger partial charge in [-0.05, 0) is 0 Å². The fourth-order valence-electron chi connectivity index (χ4n) is 0.125. The summed E-state index contributed by atoms with van der Waals surface area (Å²) in [6.07, 6.45) is 2.28. The van der Waals surface area contributed by atoms with Gasteiger partial charge in [0, 0.05) is 12.8 Å². The molecule has 0 heteroatoms. The Morgan fingerprint density at radius 1 is 1.00 bits per heavy atom. The van der Waals surface area contributed by atoms with Crippen molar-refractivity contribution in [3.63, 3.8) is 0 Å². The highest BCUT2D eigenvalue weighted by molar-refractivity contribution is 5.09. The van der Waals surface area contributed by atoms with Crippen LogP contribution in [-0.2, 0) is 0 Å². The van der Waals surface area contributed by atoms with Gasteiger partial charge < -0.3 is 0 Å². The average Bonchev–Trinajstić information content (AvgIpc) is 0.722. The Morgan fingerprint density at radius 2 is 1.25 bits per heavy atom. The largest absolute Gasteiger partial charge is 0.102 e. The summed E-state index contributed by atoms with van der Waals surface area (Å²) in [7, 11) is 0. The van der Waals surface area contributed by atoms with Crippen LogP contribution in [0.5, 0.6) is 0 Å². The second-order valence-electron chi connectivity index (χ2n) is 0.854. The molecule has 0 radical (unpaired) electrons. The average molecular weight is 52.1 g/mol. The van der Waals surface area contributed by atoms with Crippen LogP contribution in [-0.4, -0.2) is 0 Å². The lowest BCUT2D eigenvalue weighted by Crippen LogP contribution is -1.72. The summed E-state index contributed by atoms with van der Waals surface area (Å²) in [4.78, 5) is 0. The molecule has 1 aliphatic rings. The van der Waals surface area contributed by atoms with E-state index < -0.39 is 0 Å². The van der Waals surface area contributed by atoms with E-state index in [1.807, 2.05) is 0 Å². The Morgan fingerprint density at radius 3 is 1.25 bits per heavy atom. The molecule has 0 fully saturated rings. The summed E-state index contributed by atoms with van der Waals surface area (Å²) in [5.41, 5.74) is 0. The standard InChI is InChI=1S/C4H4/c1-2-4-3-1/h1-2H2. The van der Waals surface area contributed by atoms with Crippen LogP contribution in [0, 0.1) is 11.8 Å². The van der Waals surface area contributed by atoms with E-state index in [0.717, 1.165) is 12.8 Å².